The molecule has 0 aliphatic rings. The third-order valence-corrected chi connectivity index (χ3v) is 0. The Kier molecular flexibility index (Phi) is 36.4. The summed E-state index contributed by atoms with van der Waals surface area (Å²) in [5.41, 5.74) is 0. The first kappa shape index (κ1) is 22.4. The molecule has 0 amide bonds. The second-order valence-corrected chi connectivity index (χ2v) is 0.447. The van der Waals surface area contributed by atoms with Crippen LogP contribution in [0.4, 0.5) is 0 Å². The van der Waals surface area contributed by atoms with Gasteiger partial charge < -0.3 is 33.5 Å². The van der Waals surface area contributed by atoms with E-state index < -0.39 is 10.2 Å². The van der Waals surface area contributed by atoms with Crippen molar-refractivity contribution >= 4 is 48.9 Å². The minimum atomic E-state index is -1.75. The van der Waals surface area contributed by atoms with Crippen LogP contribution in [-0.4, -0.2) is 59.1 Å². The SMILES string of the molecule is O=[N+]([O-])[O-].O=[N+]([O-])[O-].[Ba+2].[Co+2].[H-].[H-]. The second kappa shape index (κ2) is 16.2. The van der Waals surface area contributed by atoms with Crippen molar-refractivity contribution in [3.63, 3.8) is 0 Å². The van der Waals surface area contributed by atoms with Gasteiger partial charge in [-0.1, -0.05) is 0 Å². The Morgan fingerprint density at radius 1 is 0.900 bits per heavy atom. The molecule has 0 aromatic rings. The summed E-state index contributed by atoms with van der Waals surface area (Å²) < 4.78 is 0. The minimum absolute atomic E-state index is 0. The van der Waals surface area contributed by atoms with Crippen molar-refractivity contribution in [2.75, 3.05) is 0 Å². The molecule has 0 fully saturated rings. The Balaban J connectivity index is -0.0000000112. The average molecular weight is 322 g/mol. The number of nitrogens with zero attached hydrogens (tertiary/aromatic N) is 2. The Morgan fingerprint density at radius 3 is 0.900 bits per heavy atom. The van der Waals surface area contributed by atoms with E-state index in [9.17, 15) is 0 Å². The van der Waals surface area contributed by atoms with Crippen molar-refractivity contribution in [3.05, 3.63) is 30.6 Å². The normalized spacial score (nSPS) is 4.80. The third kappa shape index (κ3) is 2080. The molecule has 0 unspecified atom stereocenters. The molecule has 0 aliphatic heterocycles. The Morgan fingerprint density at radius 2 is 0.900 bits per heavy atom. The van der Waals surface area contributed by atoms with E-state index in [1.165, 1.54) is 0 Å². The van der Waals surface area contributed by atoms with Crippen LogP contribution in [0, 0.1) is 30.6 Å². The second-order valence-electron chi connectivity index (χ2n) is 0.447. The molecule has 0 aromatic carbocycles. The number of hydrogen-bond acceptors (Lipinski definition) is 6. The molecule has 0 atom stereocenters. The predicted molar refractivity (Wildman–Crippen MR) is 28.7 cm³/mol. The maximum Gasteiger partial charge on any atom is 2.00 e. The summed E-state index contributed by atoms with van der Waals surface area (Å²) >= 11 is 0. The molecule has 0 heterocycles. The van der Waals surface area contributed by atoms with Gasteiger partial charge in [0.15, 0.2) is 0 Å². The van der Waals surface area contributed by atoms with Crippen LogP contribution in [0.5, 0.6) is 0 Å². The van der Waals surface area contributed by atoms with E-state index in [0.29, 0.717) is 0 Å². The smallest absolute Gasteiger partial charge is 1.00 e. The minimum Gasteiger partial charge on any atom is -1.00 e. The first-order chi connectivity index (χ1) is 3.46. The van der Waals surface area contributed by atoms with Gasteiger partial charge in [-0.25, -0.2) is 0 Å². The van der Waals surface area contributed by atoms with Crippen LogP contribution >= 0.6 is 0 Å². The Hall–Kier alpha value is 0.478. The molecule has 0 spiro atoms. The maximum absolute atomic E-state index is 8.25. The van der Waals surface area contributed by atoms with Crippen molar-refractivity contribution < 1.29 is 29.8 Å². The number of rotatable bonds is 0. The standard InChI is InChI=1S/Ba.Co.2NO3.2H/c;;2*2-1(3)4;;/q2*+2;4*-1. The summed E-state index contributed by atoms with van der Waals surface area (Å²) in [7, 11) is 0. The van der Waals surface area contributed by atoms with Gasteiger partial charge in [0.2, 0.25) is 0 Å². The molecular weight excluding hydrogens is 320 g/mol. The largest absolute Gasteiger partial charge is 2.00 e. The van der Waals surface area contributed by atoms with Crippen LogP contribution in [0.3, 0.4) is 0 Å². The fourth-order valence-electron chi connectivity index (χ4n) is 0. The summed E-state index contributed by atoms with van der Waals surface area (Å²) in [5.74, 6) is 0. The van der Waals surface area contributed by atoms with Crippen LogP contribution in [-0.2, 0) is 16.8 Å². The zero-order valence-corrected chi connectivity index (χ0v) is 9.87. The predicted octanol–water partition coefficient (Wildman–Crippen LogP) is -0.637. The van der Waals surface area contributed by atoms with E-state index in [1.54, 1.807) is 0 Å². The quantitative estimate of drug-likeness (QED) is 0.331. The fraction of sp³-hybridized carbons (Fsp3) is 0. The van der Waals surface area contributed by atoms with Gasteiger partial charge >= 0.3 is 65.7 Å². The van der Waals surface area contributed by atoms with Crippen LogP contribution in [0.1, 0.15) is 2.85 Å². The molecule has 0 saturated carbocycles. The molecule has 0 rings (SSSR count). The summed E-state index contributed by atoms with van der Waals surface area (Å²) in [5, 5.41) is 29.5. The van der Waals surface area contributed by atoms with Crippen LogP contribution in [0.15, 0.2) is 0 Å². The molecule has 1 radical (unpaired) electrons. The molecule has 10 heteroatoms. The van der Waals surface area contributed by atoms with Crippen LogP contribution in [0.25, 0.3) is 0 Å². The van der Waals surface area contributed by atoms with Gasteiger partial charge in [-0.2, -0.15) is 0 Å². The Bertz CT molecular complexity index is 81.5. The third-order valence-electron chi connectivity index (χ3n) is 0. The summed E-state index contributed by atoms with van der Waals surface area (Å²) in [6.45, 7) is 0. The Labute approximate surface area is 108 Å². The molecule has 0 saturated heterocycles. The van der Waals surface area contributed by atoms with Crippen molar-refractivity contribution in [1.29, 1.82) is 0 Å². The van der Waals surface area contributed by atoms with Gasteiger partial charge in [0.05, 0.1) is 10.2 Å². The molecule has 0 N–H and O–H groups in total. The zero-order valence-electron chi connectivity index (χ0n) is 6.38. The molecular formula is H2BaCoN2O6. The topological polar surface area (TPSA) is 132 Å². The van der Waals surface area contributed by atoms with Gasteiger partial charge in [0.25, 0.3) is 0 Å². The van der Waals surface area contributed by atoms with E-state index in [4.69, 9.17) is 30.6 Å². The van der Waals surface area contributed by atoms with Gasteiger partial charge in [0.1, 0.15) is 0 Å². The molecule has 59 valence electrons. The summed E-state index contributed by atoms with van der Waals surface area (Å²) in [6.07, 6.45) is 0. The number of hydrogen-bond donors (Lipinski definition) is 0. The van der Waals surface area contributed by atoms with Gasteiger partial charge in [-0.3, -0.25) is 0 Å². The summed E-state index contributed by atoms with van der Waals surface area (Å²) in [6, 6.07) is 0. The molecule has 0 bridgehead atoms. The first-order valence-corrected chi connectivity index (χ1v) is 1.10. The molecule has 0 aliphatic carbocycles. The van der Waals surface area contributed by atoms with E-state index in [1.807, 2.05) is 0 Å². The zero-order chi connectivity index (χ0) is 7.15. The molecule has 10 heavy (non-hydrogen) atoms. The van der Waals surface area contributed by atoms with E-state index in [0.717, 1.165) is 0 Å². The average Bonchev–Trinajstić information content (AvgIpc) is 1.25. The van der Waals surface area contributed by atoms with Crippen molar-refractivity contribution in [3.8, 4) is 0 Å². The van der Waals surface area contributed by atoms with Gasteiger partial charge in [0, 0.05) is 0 Å². The van der Waals surface area contributed by atoms with Crippen molar-refractivity contribution in [2.45, 2.75) is 0 Å². The van der Waals surface area contributed by atoms with Gasteiger partial charge in [-0.05, 0) is 0 Å². The van der Waals surface area contributed by atoms with Crippen LogP contribution < -0.4 is 0 Å². The molecule has 8 nitrogen and oxygen atoms in total. The monoisotopic (exact) mass is 323 g/mol. The summed E-state index contributed by atoms with van der Waals surface area (Å²) in [4.78, 5) is 16.5. The van der Waals surface area contributed by atoms with E-state index in [2.05, 4.69) is 0 Å². The van der Waals surface area contributed by atoms with Crippen molar-refractivity contribution in [1.82, 2.24) is 0 Å². The first-order valence-electron chi connectivity index (χ1n) is 1.10. The van der Waals surface area contributed by atoms with E-state index >= 15 is 0 Å². The molecule has 0 aromatic heterocycles. The maximum atomic E-state index is 8.25. The fourth-order valence-corrected chi connectivity index (χ4v) is 0. The van der Waals surface area contributed by atoms with Crippen molar-refractivity contribution in [2.24, 2.45) is 0 Å². The van der Waals surface area contributed by atoms with Gasteiger partial charge in [-0.15, -0.1) is 0 Å². The van der Waals surface area contributed by atoms with Crippen LogP contribution in [0.2, 0.25) is 0 Å². The van der Waals surface area contributed by atoms with E-state index in [-0.39, 0.29) is 68.5 Å².